The topological polar surface area (TPSA) is 58.4 Å². The monoisotopic (exact) mass is 257 g/mol. The van der Waals surface area contributed by atoms with E-state index in [9.17, 15) is 4.79 Å². The summed E-state index contributed by atoms with van der Waals surface area (Å²) in [6.45, 7) is 2.33. The number of nitrogens with one attached hydrogen (secondary N) is 1. The molecule has 1 atom stereocenters. The molecule has 0 aliphatic carbocycles. The quantitative estimate of drug-likeness (QED) is 0.854. The van der Waals surface area contributed by atoms with E-state index in [1.165, 1.54) is 0 Å². The van der Waals surface area contributed by atoms with Crippen LogP contribution in [-0.4, -0.2) is 32.6 Å². The first-order chi connectivity index (χ1) is 7.54. The van der Waals surface area contributed by atoms with Crippen molar-refractivity contribution in [3.8, 4) is 0 Å². The number of benzene rings is 1. The highest BCUT2D eigenvalue weighted by Gasteiger charge is 2.09. The maximum absolute atomic E-state index is 11.8. The maximum Gasteiger partial charge on any atom is 0.251 e. The van der Waals surface area contributed by atoms with Crippen molar-refractivity contribution in [3.05, 3.63) is 29.8 Å². The van der Waals surface area contributed by atoms with Gasteiger partial charge in [-0.05, 0) is 25.1 Å². The van der Waals surface area contributed by atoms with Gasteiger partial charge in [0.15, 0.2) is 0 Å². The zero-order valence-corrected chi connectivity index (χ0v) is 11.3. The zero-order valence-electron chi connectivity index (χ0n) is 10.4. The van der Waals surface area contributed by atoms with Crippen molar-refractivity contribution < 1.29 is 4.79 Å². The van der Waals surface area contributed by atoms with Crippen LogP contribution in [0.15, 0.2) is 24.3 Å². The fourth-order valence-corrected chi connectivity index (χ4v) is 1.29. The minimum atomic E-state index is -0.0818. The van der Waals surface area contributed by atoms with Gasteiger partial charge >= 0.3 is 0 Å². The minimum absolute atomic E-state index is 0. The Balaban J connectivity index is 0.00000256. The van der Waals surface area contributed by atoms with Crippen molar-refractivity contribution in [2.45, 2.75) is 13.0 Å². The third-order valence-corrected chi connectivity index (χ3v) is 2.36. The Morgan fingerprint density at radius 2 is 2.12 bits per heavy atom. The van der Waals surface area contributed by atoms with E-state index in [0.29, 0.717) is 12.1 Å². The molecule has 17 heavy (non-hydrogen) atoms. The van der Waals surface area contributed by atoms with E-state index in [-0.39, 0.29) is 24.4 Å². The van der Waals surface area contributed by atoms with Crippen molar-refractivity contribution >= 4 is 24.0 Å². The highest BCUT2D eigenvalue weighted by Crippen LogP contribution is 2.13. The third-order valence-electron chi connectivity index (χ3n) is 2.36. The summed E-state index contributed by atoms with van der Waals surface area (Å²) < 4.78 is 0. The first kappa shape index (κ1) is 15.7. The molecule has 0 unspecified atom stereocenters. The Labute approximate surface area is 109 Å². The van der Waals surface area contributed by atoms with E-state index < -0.39 is 0 Å². The molecule has 4 nitrogen and oxygen atoms in total. The molecule has 0 heterocycles. The summed E-state index contributed by atoms with van der Waals surface area (Å²) in [6, 6.07) is 7.49. The number of hydrogen-bond acceptors (Lipinski definition) is 3. The average Bonchev–Trinajstić information content (AvgIpc) is 2.28. The van der Waals surface area contributed by atoms with Crippen LogP contribution < -0.4 is 16.0 Å². The standard InChI is InChI=1S/C12H19N3O.ClH/c1-9(8-13)14-12(16)10-5-4-6-11(7-10)15(2)3;/h4-7,9H,8,13H2,1-3H3,(H,14,16);1H/t9-;/m1./s1. The van der Waals surface area contributed by atoms with Gasteiger partial charge in [0.2, 0.25) is 0 Å². The normalized spacial score (nSPS) is 11.3. The molecule has 1 aromatic carbocycles. The lowest BCUT2D eigenvalue weighted by Gasteiger charge is -2.15. The predicted molar refractivity (Wildman–Crippen MR) is 74.0 cm³/mol. The second-order valence-corrected chi connectivity index (χ2v) is 4.05. The van der Waals surface area contributed by atoms with Gasteiger partial charge in [0.1, 0.15) is 0 Å². The molecular formula is C12H20ClN3O. The van der Waals surface area contributed by atoms with Crippen molar-refractivity contribution in [1.29, 1.82) is 0 Å². The van der Waals surface area contributed by atoms with E-state index in [4.69, 9.17) is 5.73 Å². The number of rotatable bonds is 4. The second-order valence-electron chi connectivity index (χ2n) is 4.05. The van der Waals surface area contributed by atoms with Gasteiger partial charge in [0.25, 0.3) is 5.91 Å². The van der Waals surface area contributed by atoms with E-state index in [2.05, 4.69) is 5.32 Å². The molecule has 0 aliphatic rings. The molecule has 96 valence electrons. The fourth-order valence-electron chi connectivity index (χ4n) is 1.29. The predicted octanol–water partition coefficient (Wildman–Crippen LogP) is 1.25. The van der Waals surface area contributed by atoms with Crippen molar-refractivity contribution in [2.75, 3.05) is 25.5 Å². The molecule has 0 spiro atoms. The number of carbonyl (C=O) groups excluding carboxylic acids is 1. The molecular weight excluding hydrogens is 238 g/mol. The van der Waals surface area contributed by atoms with Gasteiger partial charge in [0.05, 0.1) is 0 Å². The number of nitrogens with two attached hydrogens (primary N) is 1. The van der Waals surface area contributed by atoms with Crippen LogP contribution in [0, 0.1) is 0 Å². The van der Waals surface area contributed by atoms with Crippen LogP contribution in [0.25, 0.3) is 0 Å². The average molecular weight is 258 g/mol. The van der Waals surface area contributed by atoms with Crippen molar-refractivity contribution in [3.63, 3.8) is 0 Å². The Hall–Kier alpha value is -1.26. The van der Waals surface area contributed by atoms with Crippen LogP contribution in [0.5, 0.6) is 0 Å². The van der Waals surface area contributed by atoms with Crippen molar-refractivity contribution in [1.82, 2.24) is 5.32 Å². The highest BCUT2D eigenvalue weighted by atomic mass is 35.5. The number of nitrogens with zero attached hydrogens (tertiary/aromatic N) is 1. The van der Waals surface area contributed by atoms with Crippen LogP contribution in [0.2, 0.25) is 0 Å². The number of amides is 1. The SMILES string of the molecule is C[C@H](CN)NC(=O)c1cccc(N(C)C)c1.Cl. The second kappa shape index (κ2) is 7.14. The van der Waals surface area contributed by atoms with E-state index in [1.807, 2.05) is 44.1 Å². The number of halogens is 1. The molecule has 5 heteroatoms. The molecule has 1 amide bonds. The van der Waals surface area contributed by atoms with Gasteiger partial charge in [-0.2, -0.15) is 0 Å². The lowest BCUT2D eigenvalue weighted by Crippen LogP contribution is -2.37. The summed E-state index contributed by atoms with van der Waals surface area (Å²) in [5, 5.41) is 2.83. The first-order valence-corrected chi connectivity index (χ1v) is 5.33. The van der Waals surface area contributed by atoms with Crippen LogP contribution in [0.4, 0.5) is 5.69 Å². The lowest BCUT2D eigenvalue weighted by molar-refractivity contribution is 0.0941. The molecule has 0 bridgehead atoms. The van der Waals surface area contributed by atoms with E-state index >= 15 is 0 Å². The summed E-state index contributed by atoms with van der Waals surface area (Å²) in [7, 11) is 3.89. The van der Waals surface area contributed by atoms with Gasteiger partial charge < -0.3 is 16.0 Å². The Bertz CT molecular complexity index is 369. The van der Waals surface area contributed by atoms with Crippen LogP contribution >= 0.6 is 12.4 Å². The minimum Gasteiger partial charge on any atom is -0.378 e. The molecule has 0 aliphatic heterocycles. The maximum atomic E-state index is 11.8. The Morgan fingerprint density at radius 1 is 1.47 bits per heavy atom. The van der Waals surface area contributed by atoms with Gasteiger partial charge in [0, 0.05) is 37.9 Å². The smallest absolute Gasteiger partial charge is 0.251 e. The number of carbonyl (C=O) groups is 1. The van der Waals surface area contributed by atoms with E-state index in [0.717, 1.165) is 5.69 Å². The zero-order chi connectivity index (χ0) is 12.1. The van der Waals surface area contributed by atoms with Gasteiger partial charge in [-0.25, -0.2) is 0 Å². The van der Waals surface area contributed by atoms with Gasteiger partial charge in [-0.3, -0.25) is 4.79 Å². The molecule has 0 radical (unpaired) electrons. The molecule has 1 rings (SSSR count). The van der Waals surface area contributed by atoms with Gasteiger partial charge in [-0.1, -0.05) is 6.07 Å². The summed E-state index contributed by atoms with van der Waals surface area (Å²) in [6.07, 6.45) is 0. The summed E-state index contributed by atoms with van der Waals surface area (Å²) in [5.41, 5.74) is 7.12. The number of anilines is 1. The third kappa shape index (κ3) is 4.63. The summed E-state index contributed by atoms with van der Waals surface area (Å²) >= 11 is 0. The van der Waals surface area contributed by atoms with Crippen LogP contribution in [0.1, 0.15) is 17.3 Å². The van der Waals surface area contributed by atoms with E-state index in [1.54, 1.807) is 6.07 Å². The molecule has 0 saturated carbocycles. The fraction of sp³-hybridized carbons (Fsp3) is 0.417. The highest BCUT2D eigenvalue weighted by molar-refractivity contribution is 5.95. The number of hydrogen-bond donors (Lipinski definition) is 2. The first-order valence-electron chi connectivity index (χ1n) is 5.33. The van der Waals surface area contributed by atoms with Crippen LogP contribution in [-0.2, 0) is 0 Å². The molecule has 0 saturated heterocycles. The van der Waals surface area contributed by atoms with Crippen LogP contribution in [0.3, 0.4) is 0 Å². The molecule has 1 aromatic rings. The largest absolute Gasteiger partial charge is 0.378 e. The summed E-state index contributed by atoms with van der Waals surface area (Å²) in [4.78, 5) is 13.8. The van der Waals surface area contributed by atoms with Crippen molar-refractivity contribution in [2.24, 2.45) is 5.73 Å². The molecule has 0 aromatic heterocycles. The summed E-state index contributed by atoms with van der Waals surface area (Å²) in [5.74, 6) is -0.0818. The lowest BCUT2D eigenvalue weighted by atomic mass is 10.1. The Kier molecular flexibility index (Phi) is 6.61. The molecule has 0 fully saturated rings. The van der Waals surface area contributed by atoms with Gasteiger partial charge in [-0.15, -0.1) is 12.4 Å². The Morgan fingerprint density at radius 3 is 2.65 bits per heavy atom. The molecule has 3 N–H and O–H groups in total.